The maximum atomic E-state index is 13.4. The summed E-state index contributed by atoms with van der Waals surface area (Å²) in [6, 6.07) is 4.69. The van der Waals surface area contributed by atoms with E-state index in [-0.39, 0.29) is 23.3 Å². The van der Waals surface area contributed by atoms with Gasteiger partial charge in [-0.1, -0.05) is 24.3 Å². The van der Waals surface area contributed by atoms with Gasteiger partial charge in [0.2, 0.25) is 0 Å². The number of fused-ring (bicyclic) bond motifs is 1. The highest BCUT2D eigenvalue weighted by Crippen LogP contribution is 2.36. The van der Waals surface area contributed by atoms with Gasteiger partial charge in [0.05, 0.1) is 18.3 Å². The molecule has 7 nitrogen and oxygen atoms in total. The van der Waals surface area contributed by atoms with E-state index in [0.29, 0.717) is 18.9 Å². The molecule has 0 radical (unpaired) electrons. The molecule has 0 spiro atoms. The summed E-state index contributed by atoms with van der Waals surface area (Å²) in [7, 11) is 0. The molecule has 3 heterocycles. The van der Waals surface area contributed by atoms with Crippen molar-refractivity contribution >= 4 is 5.91 Å². The van der Waals surface area contributed by atoms with Crippen molar-refractivity contribution in [3.63, 3.8) is 0 Å². The van der Waals surface area contributed by atoms with Crippen molar-refractivity contribution in [1.82, 2.24) is 31.7 Å². The minimum atomic E-state index is -4.46. The van der Waals surface area contributed by atoms with E-state index in [0.717, 1.165) is 6.07 Å². The van der Waals surface area contributed by atoms with Gasteiger partial charge in [0.1, 0.15) is 11.9 Å². The highest BCUT2D eigenvalue weighted by molar-refractivity contribution is 5.94. The van der Waals surface area contributed by atoms with Gasteiger partial charge >= 0.3 is 6.18 Å². The normalized spacial score (nSPS) is 23.9. The number of hydrogen-bond donors (Lipinski definition) is 5. The molecule has 0 saturated heterocycles. The number of carbonyl (C=O) groups excluding carboxylic acids is 1. The van der Waals surface area contributed by atoms with Crippen LogP contribution in [0.5, 0.6) is 0 Å². The molecule has 148 valence electrons. The van der Waals surface area contributed by atoms with Crippen molar-refractivity contribution in [3.8, 4) is 0 Å². The van der Waals surface area contributed by atoms with Crippen LogP contribution in [-0.4, -0.2) is 30.3 Å². The monoisotopic (exact) mass is 392 g/mol. The van der Waals surface area contributed by atoms with E-state index in [9.17, 15) is 18.0 Å². The highest BCUT2D eigenvalue weighted by atomic mass is 19.4. The van der Waals surface area contributed by atoms with E-state index in [1.165, 1.54) is 17.1 Å². The van der Waals surface area contributed by atoms with E-state index in [1.54, 1.807) is 30.6 Å². The largest absolute Gasteiger partial charge is 0.416 e. The molecular formula is C18H19F3N6O. The van der Waals surface area contributed by atoms with Crippen LogP contribution in [0.2, 0.25) is 0 Å². The van der Waals surface area contributed by atoms with Crippen LogP contribution in [0, 0.1) is 0 Å². The number of alkyl halides is 3. The number of nitrogens with zero attached hydrogens (tertiary/aromatic N) is 1. The molecule has 1 aromatic rings. The summed E-state index contributed by atoms with van der Waals surface area (Å²) in [5, 5.41) is 13.4. The van der Waals surface area contributed by atoms with Crippen molar-refractivity contribution in [2.75, 3.05) is 13.2 Å². The van der Waals surface area contributed by atoms with Crippen molar-refractivity contribution in [1.29, 1.82) is 0 Å². The Morgan fingerprint density at radius 2 is 2.00 bits per heavy atom. The quantitative estimate of drug-likeness (QED) is 0.494. The molecule has 2 atom stereocenters. The lowest BCUT2D eigenvalue weighted by Gasteiger charge is -2.35. The number of benzene rings is 1. The zero-order valence-electron chi connectivity index (χ0n) is 14.7. The van der Waals surface area contributed by atoms with Crippen LogP contribution < -0.4 is 26.7 Å². The van der Waals surface area contributed by atoms with E-state index < -0.39 is 17.8 Å². The second-order valence-corrected chi connectivity index (χ2v) is 6.52. The Kier molecular flexibility index (Phi) is 4.73. The minimum Gasteiger partial charge on any atom is -0.377 e. The Morgan fingerprint density at radius 1 is 1.18 bits per heavy atom. The molecule has 0 saturated carbocycles. The lowest BCUT2D eigenvalue weighted by molar-refractivity contribution is -0.138. The molecule has 0 bridgehead atoms. The topological polar surface area (TPSA) is 80.5 Å². The summed E-state index contributed by atoms with van der Waals surface area (Å²) >= 11 is 0. The van der Waals surface area contributed by atoms with Crippen molar-refractivity contribution in [2.24, 2.45) is 0 Å². The second-order valence-electron chi connectivity index (χ2n) is 6.52. The van der Waals surface area contributed by atoms with Crippen LogP contribution in [0.3, 0.4) is 0 Å². The zero-order chi connectivity index (χ0) is 19.7. The molecule has 1 aromatic carbocycles. The summed E-state index contributed by atoms with van der Waals surface area (Å²) in [6.45, 7) is 1.13. The summed E-state index contributed by atoms with van der Waals surface area (Å²) in [4.78, 5) is 12.6. The standard InChI is InChI=1S/C18H19F3N6O/c19-18(20,21)13-4-2-1-3-12(13)14-5-6-16-24-9-15(27(16)26-14)17(28)25-11-7-22-10-23-8-11/h1-7,9,14,16,22-24,26H,8,10H2,(H,25,28). The fourth-order valence-corrected chi connectivity index (χ4v) is 3.32. The first-order valence-corrected chi connectivity index (χ1v) is 8.74. The fourth-order valence-electron chi connectivity index (χ4n) is 3.32. The lowest BCUT2D eigenvalue weighted by atomic mass is 9.99. The van der Waals surface area contributed by atoms with Gasteiger partial charge in [-0.15, -0.1) is 0 Å². The van der Waals surface area contributed by atoms with Gasteiger partial charge in [-0.25, -0.2) is 5.43 Å². The molecule has 0 fully saturated rings. The summed E-state index contributed by atoms with van der Waals surface area (Å²) in [5.41, 5.74) is 3.37. The Balaban J connectivity index is 1.53. The molecule has 10 heteroatoms. The van der Waals surface area contributed by atoms with E-state index in [2.05, 4.69) is 26.7 Å². The van der Waals surface area contributed by atoms with Crippen molar-refractivity contribution in [2.45, 2.75) is 18.4 Å². The van der Waals surface area contributed by atoms with Crippen LogP contribution >= 0.6 is 0 Å². The summed E-state index contributed by atoms with van der Waals surface area (Å²) in [6.07, 6.45) is 1.82. The van der Waals surface area contributed by atoms with Gasteiger partial charge in [-0.2, -0.15) is 13.2 Å². The maximum absolute atomic E-state index is 13.4. The Labute approximate surface area is 159 Å². The fraction of sp³-hybridized carbons (Fsp3) is 0.278. The van der Waals surface area contributed by atoms with Gasteiger partial charge < -0.3 is 16.0 Å². The number of hydrogen-bond acceptors (Lipinski definition) is 6. The number of nitrogens with one attached hydrogen (secondary N) is 5. The van der Waals surface area contributed by atoms with E-state index in [1.807, 2.05) is 0 Å². The number of carbonyl (C=O) groups is 1. The van der Waals surface area contributed by atoms with Gasteiger partial charge in [0.15, 0.2) is 0 Å². The van der Waals surface area contributed by atoms with Gasteiger partial charge in [-0.05, 0) is 17.7 Å². The van der Waals surface area contributed by atoms with Crippen LogP contribution in [0.25, 0.3) is 0 Å². The molecular weight excluding hydrogens is 373 g/mol. The maximum Gasteiger partial charge on any atom is 0.416 e. The number of halogens is 3. The SMILES string of the molecule is O=C(NC1=CNCNC1)C1=CNC2C=CC(c3ccccc3C(F)(F)F)NN12. The van der Waals surface area contributed by atoms with E-state index >= 15 is 0 Å². The minimum absolute atomic E-state index is 0.0970. The van der Waals surface area contributed by atoms with Crippen LogP contribution in [0.1, 0.15) is 17.2 Å². The van der Waals surface area contributed by atoms with Gasteiger partial charge in [-0.3, -0.25) is 15.1 Å². The first-order chi connectivity index (χ1) is 13.4. The summed E-state index contributed by atoms with van der Waals surface area (Å²) < 4.78 is 40.1. The number of rotatable bonds is 3. The predicted octanol–water partition coefficient (Wildman–Crippen LogP) is 1.00. The second kappa shape index (κ2) is 7.21. The molecule has 3 aliphatic rings. The van der Waals surface area contributed by atoms with Crippen LogP contribution in [0.15, 0.2) is 60.2 Å². The molecule has 3 aliphatic heterocycles. The zero-order valence-corrected chi connectivity index (χ0v) is 14.7. The predicted molar refractivity (Wildman–Crippen MR) is 95.5 cm³/mol. The first-order valence-electron chi connectivity index (χ1n) is 8.74. The van der Waals surface area contributed by atoms with Crippen LogP contribution in [0.4, 0.5) is 13.2 Å². The molecule has 0 aliphatic carbocycles. The highest BCUT2D eigenvalue weighted by Gasteiger charge is 2.38. The molecule has 2 unspecified atom stereocenters. The van der Waals surface area contributed by atoms with Gasteiger partial charge in [0.25, 0.3) is 5.91 Å². The van der Waals surface area contributed by atoms with Crippen molar-refractivity contribution < 1.29 is 18.0 Å². The Bertz CT molecular complexity index is 863. The Morgan fingerprint density at radius 3 is 2.75 bits per heavy atom. The smallest absolute Gasteiger partial charge is 0.377 e. The first kappa shape index (κ1) is 18.4. The Hall–Kier alpha value is -2.98. The third-order valence-electron chi connectivity index (χ3n) is 4.62. The lowest BCUT2D eigenvalue weighted by Crippen LogP contribution is -2.51. The average Bonchev–Trinajstić information content (AvgIpc) is 3.11. The third kappa shape index (κ3) is 3.56. The van der Waals surface area contributed by atoms with Gasteiger partial charge in [0, 0.05) is 24.6 Å². The van der Waals surface area contributed by atoms with E-state index in [4.69, 9.17) is 0 Å². The molecule has 28 heavy (non-hydrogen) atoms. The third-order valence-corrected chi connectivity index (χ3v) is 4.62. The molecule has 4 rings (SSSR count). The molecule has 1 amide bonds. The average molecular weight is 392 g/mol. The molecule has 0 aromatic heterocycles. The van der Waals surface area contributed by atoms with Crippen molar-refractivity contribution in [3.05, 3.63) is 71.3 Å². The van der Waals surface area contributed by atoms with Crippen LogP contribution in [-0.2, 0) is 11.0 Å². The molecule has 5 N–H and O–H groups in total. The number of amides is 1. The number of hydrazine groups is 1. The summed E-state index contributed by atoms with van der Waals surface area (Å²) in [5.74, 6) is -0.364.